The van der Waals surface area contributed by atoms with Crippen LogP contribution in [0.3, 0.4) is 0 Å². The van der Waals surface area contributed by atoms with Gasteiger partial charge in [0, 0.05) is 44.2 Å². The molecule has 2 aliphatic rings. The maximum absolute atomic E-state index is 12.0. The molecule has 0 aromatic carbocycles. The highest BCUT2D eigenvalue weighted by Crippen LogP contribution is 2.27. The van der Waals surface area contributed by atoms with E-state index in [0.29, 0.717) is 12.0 Å². The first kappa shape index (κ1) is 16.5. The van der Waals surface area contributed by atoms with E-state index in [-0.39, 0.29) is 18.7 Å². The standard InChI is InChI=1S/C15H29N3O3/c1-15(2,3)21-14(20)17-6-4-12(5-7-17)18-8-11(9-18)13(16)10-19/h11-13,19H,4-10,16H2,1-3H3/t13-/m1/s1. The van der Waals surface area contributed by atoms with E-state index in [1.54, 1.807) is 4.90 Å². The average molecular weight is 299 g/mol. The zero-order chi connectivity index (χ0) is 15.6. The van der Waals surface area contributed by atoms with Gasteiger partial charge in [-0.15, -0.1) is 0 Å². The second-order valence-electron chi connectivity index (χ2n) is 7.26. The van der Waals surface area contributed by atoms with Gasteiger partial charge in [-0.2, -0.15) is 0 Å². The molecule has 3 N–H and O–H groups in total. The molecule has 2 heterocycles. The number of aliphatic hydroxyl groups is 1. The Bertz CT molecular complexity index is 356. The van der Waals surface area contributed by atoms with Crippen molar-refractivity contribution in [2.24, 2.45) is 11.7 Å². The van der Waals surface area contributed by atoms with E-state index in [1.165, 1.54) is 0 Å². The van der Waals surface area contributed by atoms with Crippen molar-refractivity contribution in [3.05, 3.63) is 0 Å². The van der Waals surface area contributed by atoms with E-state index in [9.17, 15) is 4.79 Å². The van der Waals surface area contributed by atoms with Crippen LogP contribution in [0.1, 0.15) is 33.6 Å². The van der Waals surface area contributed by atoms with Crippen LogP contribution in [0.5, 0.6) is 0 Å². The number of ether oxygens (including phenoxy) is 1. The van der Waals surface area contributed by atoms with Crippen LogP contribution in [0, 0.1) is 5.92 Å². The first-order chi connectivity index (χ1) is 9.80. The fraction of sp³-hybridized carbons (Fsp3) is 0.933. The molecule has 2 fully saturated rings. The van der Waals surface area contributed by atoms with Crippen LogP contribution in [-0.2, 0) is 4.74 Å². The second-order valence-corrected chi connectivity index (χ2v) is 7.26. The maximum Gasteiger partial charge on any atom is 0.410 e. The van der Waals surface area contributed by atoms with Crippen LogP contribution in [0.25, 0.3) is 0 Å². The van der Waals surface area contributed by atoms with Crippen molar-refractivity contribution in [3.8, 4) is 0 Å². The van der Waals surface area contributed by atoms with Crippen LogP contribution >= 0.6 is 0 Å². The monoisotopic (exact) mass is 299 g/mol. The number of nitrogens with two attached hydrogens (primary N) is 1. The molecule has 0 aromatic rings. The van der Waals surface area contributed by atoms with Crippen molar-refractivity contribution in [1.82, 2.24) is 9.80 Å². The largest absolute Gasteiger partial charge is 0.444 e. The van der Waals surface area contributed by atoms with E-state index < -0.39 is 5.60 Å². The van der Waals surface area contributed by atoms with Crippen LogP contribution in [-0.4, -0.2) is 71.5 Å². The number of rotatable bonds is 3. The van der Waals surface area contributed by atoms with Gasteiger partial charge in [-0.1, -0.05) is 0 Å². The predicted molar refractivity (Wildman–Crippen MR) is 81.0 cm³/mol. The summed E-state index contributed by atoms with van der Waals surface area (Å²) in [7, 11) is 0. The molecular formula is C15H29N3O3. The summed E-state index contributed by atoms with van der Waals surface area (Å²) in [5.74, 6) is 0.416. The molecule has 0 radical (unpaired) electrons. The van der Waals surface area contributed by atoms with Crippen molar-refractivity contribution in [1.29, 1.82) is 0 Å². The molecule has 2 rings (SSSR count). The predicted octanol–water partition coefficient (Wildman–Crippen LogP) is 0.637. The number of nitrogens with zero attached hydrogens (tertiary/aromatic N) is 2. The summed E-state index contributed by atoms with van der Waals surface area (Å²) in [5.41, 5.74) is 5.41. The van der Waals surface area contributed by atoms with Gasteiger partial charge in [-0.25, -0.2) is 4.79 Å². The zero-order valence-electron chi connectivity index (χ0n) is 13.4. The van der Waals surface area contributed by atoms with Gasteiger partial charge in [0.05, 0.1) is 6.61 Å². The Labute approximate surface area is 127 Å². The molecule has 1 amide bonds. The number of carbonyl (C=O) groups excluding carboxylic acids is 1. The number of carbonyl (C=O) groups is 1. The quantitative estimate of drug-likeness (QED) is 0.799. The third-order valence-corrected chi connectivity index (χ3v) is 4.39. The van der Waals surface area contributed by atoms with E-state index in [1.807, 2.05) is 20.8 Å². The maximum atomic E-state index is 12.0. The minimum Gasteiger partial charge on any atom is -0.444 e. The summed E-state index contributed by atoms with van der Waals surface area (Å²) in [4.78, 5) is 16.2. The lowest BCUT2D eigenvalue weighted by molar-refractivity contribution is -0.0111. The van der Waals surface area contributed by atoms with Gasteiger partial charge in [-0.3, -0.25) is 4.90 Å². The first-order valence-corrected chi connectivity index (χ1v) is 7.88. The molecule has 6 heteroatoms. The summed E-state index contributed by atoms with van der Waals surface area (Å²) in [6, 6.07) is 0.439. The fourth-order valence-corrected chi connectivity index (χ4v) is 3.01. The summed E-state index contributed by atoms with van der Waals surface area (Å²) in [6.07, 6.45) is 1.77. The topological polar surface area (TPSA) is 79.0 Å². The van der Waals surface area contributed by atoms with E-state index >= 15 is 0 Å². The third-order valence-electron chi connectivity index (χ3n) is 4.39. The van der Waals surface area contributed by atoms with Gasteiger partial charge in [0.25, 0.3) is 0 Å². The molecule has 0 bridgehead atoms. The molecule has 21 heavy (non-hydrogen) atoms. The van der Waals surface area contributed by atoms with Gasteiger partial charge < -0.3 is 20.5 Å². The molecule has 2 aliphatic heterocycles. The highest BCUT2D eigenvalue weighted by molar-refractivity contribution is 5.68. The van der Waals surface area contributed by atoms with Crippen LogP contribution in [0.2, 0.25) is 0 Å². The first-order valence-electron chi connectivity index (χ1n) is 7.88. The molecular weight excluding hydrogens is 270 g/mol. The summed E-state index contributed by atoms with van der Waals surface area (Å²) >= 11 is 0. The minimum absolute atomic E-state index is 0.0651. The minimum atomic E-state index is -0.431. The van der Waals surface area contributed by atoms with Crippen LogP contribution in [0.15, 0.2) is 0 Å². The Morgan fingerprint density at radius 2 is 1.90 bits per heavy atom. The Kier molecular flexibility index (Phi) is 5.11. The van der Waals surface area contributed by atoms with Crippen molar-refractivity contribution in [2.45, 2.75) is 51.3 Å². The Morgan fingerprint density at radius 1 is 1.33 bits per heavy atom. The Morgan fingerprint density at radius 3 is 2.38 bits per heavy atom. The average Bonchev–Trinajstić information content (AvgIpc) is 2.35. The number of hydrogen-bond donors (Lipinski definition) is 2. The zero-order valence-corrected chi connectivity index (χ0v) is 13.4. The van der Waals surface area contributed by atoms with E-state index in [0.717, 1.165) is 39.0 Å². The van der Waals surface area contributed by atoms with Crippen molar-refractivity contribution < 1.29 is 14.6 Å². The number of hydrogen-bond acceptors (Lipinski definition) is 5. The molecule has 0 unspecified atom stereocenters. The summed E-state index contributed by atoms with van der Waals surface area (Å²) in [5, 5.41) is 9.05. The number of likely N-dealkylation sites (tertiary alicyclic amines) is 2. The normalized spacial score (nSPS) is 23.8. The van der Waals surface area contributed by atoms with Gasteiger partial charge in [0.2, 0.25) is 0 Å². The molecule has 0 saturated carbocycles. The number of aliphatic hydroxyl groups excluding tert-OH is 1. The lowest BCUT2D eigenvalue weighted by Crippen LogP contribution is -2.60. The molecule has 6 nitrogen and oxygen atoms in total. The Hall–Kier alpha value is -0.850. The Balaban J connectivity index is 1.71. The molecule has 0 spiro atoms. The van der Waals surface area contributed by atoms with Crippen molar-refractivity contribution in [3.63, 3.8) is 0 Å². The van der Waals surface area contributed by atoms with Gasteiger partial charge in [0.15, 0.2) is 0 Å². The van der Waals surface area contributed by atoms with Gasteiger partial charge >= 0.3 is 6.09 Å². The van der Waals surface area contributed by atoms with Crippen LogP contribution in [0.4, 0.5) is 4.79 Å². The third kappa shape index (κ3) is 4.31. The lowest BCUT2D eigenvalue weighted by atomic mass is 9.88. The van der Waals surface area contributed by atoms with Crippen molar-refractivity contribution >= 4 is 6.09 Å². The number of amides is 1. The van der Waals surface area contributed by atoms with Crippen molar-refractivity contribution in [2.75, 3.05) is 32.8 Å². The molecule has 1 atom stereocenters. The summed E-state index contributed by atoms with van der Waals surface area (Å²) < 4.78 is 5.41. The molecule has 0 aliphatic carbocycles. The van der Waals surface area contributed by atoms with Gasteiger partial charge in [-0.05, 0) is 33.6 Å². The van der Waals surface area contributed by atoms with Crippen LogP contribution < -0.4 is 5.73 Å². The lowest BCUT2D eigenvalue weighted by Gasteiger charge is -2.48. The fourth-order valence-electron chi connectivity index (χ4n) is 3.01. The molecule has 0 aromatic heterocycles. The molecule has 122 valence electrons. The smallest absolute Gasteiger partial charge is 0.410 e. The van der Waals surface area contributed by atoms with Gasteiger partial charge in [0.1, 0.15) is 5.60 Å². The highest BCUT2D eigenvalue weighted by atomic mass is 16.6. The second kappa shape index (κ2) is 6.50. The molecule has 2 saturated heterocycles. The van der Waals surface area contributed by atoms with E-state index in [2.05, 4.69) is 4.90 Å². The SMILES string of the molecule is CC(C)(C)OC(=O)N1CCC(N2CC([C@H](N)CO)C2)CC1. The highest BCUT2D eigenvalue weighted by Gasteiger charge is 2.37. The number of piperidine rings is 1. The summed E-state index contributed by atoms with van der Waals surface area (Å²) in [6.45, 7) is 9.19. The van der Waals surface area contributed by atoms with E-state index in [4.69, 9.17) is 15.6 Å².